The lowest BCUT2D eigenvalue weighted by Gasteiger charge is -2.12. The molecular formula is C14H14BrNO. The van der Waals surface area contributed by atoms with E-state index >= 15 is 0 Å². The van der Waals surface area contributed by atoms with Crippen molar-refractivity contribution in [3.05, 3.63) is 51.6 Å². The van der Waals surface area contributed by atoms with Crippen LogP contribution in [0.4, 0.5) is 0 Å². The van der Waals surface area contributed by atoms with E-state index in [2.05, 4.69) is 46.9 Å². The third-order valence-corrected chi connectivity index (χ3v) is 3.21. The summed E-state index contributed by atoms with van der Waals surface area (Å²) in [6.45, 7) is 6.19. The van der Waals surface area contributed by atoms with Crippen molar-refractivity contribution in [3.63, 3.8) is 0 Å². The molecule has 0 amide bonds. The second-order valence-electron chi connectivity index (χ2n) is 4.05. The SMILES string of the molecule is Cc1ccc(C)c(Oc2cccc(Br)n2)c1C. The number of ether oxygens (including phenoxy) is 1. The molecule has 0 fully saturated rings. The molecule has 0 bridgehead atoms. The zero-order chi connectivity index (χ0) is 12.4. The molecule has 0 N–H and O–H groups in total. The van der Waals surface area contributed by atoms with Crippen LogP contribution < -0.4 is 4.74 Å². The lowest BCUT2D eigenvalue weighted by molar-refractivity contribution is 0.454. The summed E-state index contributed by atoms with van der Waals surface area (Å²) in [6.07, 6.45) is 0. The van der Waals surface area contributed by atoms with E-state index in [4.69, 9.17) is 4.74 Å². The Morgan fingerprint density at radius 1 is 1.00 bits per heavy atom. The second kappa shape index (κ2) is 4.88. The minimum Gasteiger partial charge on any atom is -0.438 e. The van der Waals surface area contributed by atoms with Crippen LogP contribution in [0.3, 0.4) is 0 Å². The number of hydrogen-bond donors (Lipinski definition) is 0. The first-order valence-corrected chi connectivity index (χ1v) is 6.24. The molecule has 0 saturated carbocycles. The van der Waals surface area contributed by atoms with E-state index in [1.165, 1.54) is 5.56 Å². The summed E-state index contributed by atoms with van der Waals surface area (Å²) in [5, 5.41) is 0. The number of hydrogen-bond acceptors (Lipinski definition) is 2. The maximum Gasteiger partial charge on any atom is 0.220 e. The van der Waals surface area contributed by atoms with E-state index in [1.54, 1.807) is 0 Å². The van der Waals surface area contributed by atoms with Gasteiger partial charge in [-0.3, -0.25) is 0 Å². The van der Waals surface area contributed by atoms with E-state index in [0.29, 0.717) is 5.88 Å². The number of aromatic nitrogens is 1. The Kier molecular flexibility index (Phi) is 3.48. The number of halogens is 1. The first-order chi connectivity index (χ1) is 8.08. The number of aryl methyl sites for hydroxylation is 2. The zero-order valence-corrected chi connectivity index (χ0v) is 11.7. The summed E-state index contributed by atoms with van der Waals surface area (Å²) in [6, 6.07) is 9.81. The minimum atomic E-state index is 0.608. The van der Waals surface area contributed by atoms with Crippen LogP contribution in [0.5, 0.6) is 11.6 Å². The van der Waals surface area contributed by atoms with Crippen molar-refractivity contribution in [1.29, 1.82) is 0 Å². The Morgan fingerprint density at radius 3 is 2.41 bits per heavy atom. The summed E-state index contributed by atoms with van der Waals surface area (Å²) in [5.74, 6) is 1.51. The van der Waals surface area contributed by atoms with Gasteiger partial charge in [-0.1, -0.05) is 18.2 Å². The van der Waals surface area contributed by atoms with Gasteiger partial charge in [0.15, 0.2) is 0 Å². The van der Waals surface area contributed by atoms with Gasteiger partial charge in [0.25, 0.3) is 0 Å². The lowest BCUT2D eigenvalue weighted by Crippen LogP contribution is -1.95. The number of nitrogens with zero attached hydrogens (tertiary/aromatic N) is 1. The average molecular weight is 292 g/mol. The highest BCUT2D eigenvalue weighted by Gasteiger charge is 2.08. The molecule has 0 aliphatic rings. The van der Waals surface area contributed by atoms with Gasteiger partial charge in [-0.25, -0.2) is 4.98 Å². The summed E-state index contributed by atoms with van der Waals surface area (Å²) in [5.41, 5.74) is 3.50. The molecule has 0 radical (unpaired) electrons. The molecule has 1 aromatic heterocycles. The number of benzene rings is 1. The minimum absolute atomic E-state index is 0.608. The fraction of sp³-hybridized carbons (Fsp3) is 0.214. The highest BCUT2D eigenvalue weighted by atomic mass is 79.9. The maximum atomic E-state index is 5.86. The Morgan fingerprint density at radius 2 is 1.71 bits per heavy atom. The molecule has 88 valence electrons. The van der Waals surface area contributed by atoms with E-state index in [0.717, 1.165) is 21.5 Å². The van der Waals surface area contributed by atoms with Crippen molar-refractivity contribution in [2.75, 3.05) is 0 Å². The standard InChI is InChI=1S/C14H14BrNO/c1-9-7-8-10(2)14(11(9)3)17-13-6-4-5-12(15)16-13/h4-8H,1-3H3. The summed E-state index contributed by atoms with van der Waals surface area (Å²) < 4.78 is 6.64. The van der Waals surface area contributed by atoms with Crippen molar-refractivity contribution in [3.8, 4) is 11.6 Å². The van der Waals surface area contributed by atoms with E-state index in [1.807, 2.05) is 25.1 Å². The molecule has 0 aliphatic carbocycles. The van der Waals surface area contributed by atoms with E-state index < -0.39 is 0 Å². The largest absolute Gasteiger partial charge is 0.438 e. The Bertz CT molecular complexity index is 552. The van der Waals surface area contributed by atoms with Crippen LogP contribution in [-0.4, -0.2) is 4.98 Å². The van der Waals surface area contributed by atoms with Gasteiger partial charge in [0.05, 0.1) is 0 Å². The van der Waals surface area contributed by atoms with Gasteiger partial charge in [0, 0.05) is 6.07 Å². The smallest absolute Gasteiger partial charge is 0.220 e. The molecule has 1 aromatic carbocycles. The molecule has 1 heterocycles. The Hall–Kier alpha value is -1.35. The first-order valence-electron chi connectivity index (χ1n) is 5.45. The fourth-order valence-corrected chi connectivity index (χ4v) is 1.96. The molecule has 2 rings (SSSR count). The van der Waals surface area contributed by atoms with Crippen molar-refractivity contribution < 1.29 is 4.74 Å². The van der Waals surface area contributed by atoms with Gasteiger partial charge in [-0.15, -0.1) is 0 Å². The quantitative estimate of drug-likeness (QED) is 0.757. The molecule has 3 heteroatoms. The van der Waals surface area contributed by atoms with Gasteiger partial charge < -0.3 is 4.74 Å². The van der Waals surface area contributed by atoms with Gasteiger partial charge in [-0.05, 0) is 59.5 Å². The second-order valence-corrected chi connectivity index (χ2v) is 4.87. The molecule has 0 saturated heterocycles. The highest BCUT2D eigenvalue weighted by molar-refractivity contribution is 9.10. The van der Waals surface area contributed by atoms with Crippen LogP contribution in [0.25, 0.3) is 0 Å². The monoisotopic (exact) mass is 291 g/mol. The molecule has 0 unspecified atom stereocenters. The number of pyridine rings is 1. The predicted molar refractivity (Wildman–Crippen MR) is 72.7 cm³/mol. The van der Waals surface area contributed by atoms with E-state index in [9.17, 15) is 0 Å². The molecule has 0 spiro atoms. The summed E-state index contributed by atoms with van der Waals surface area (Å²) >= 11 is 3.34. The van der Waals surface area contributed by atoms with Crippen LogP contribution in [0.2, 0.25) is 0 Å². The van der Waals surface area contributed by atoms with Gasteiger partial charge >= 0.3 is 0 Å². The third-order valence-electron chi connectivity index (χ3n) is 2.77. The fourth-order valence-electron chi connectivity index (χ4n) is 1.63. The van der Waals surface area contributed by atoms with E-state index in [-0.39, 0.29) is 0 Å². The highest BCUT2D eigenvalue weighted by Crippen LogP contribution is 2.30. The van der Waals surface area contributed by atoms with Gasteiger partial charge in [0.1, 0.15) is 10.4 Å². The van der Waals surface area contributed by atoms with Crippen LogP contribution in [-0.2, 0) is 0 Å². The van der Waals surface area contributed by atoms with Gasteiger partial charge in [0.2, 0.25) is 5.88 Å². The topological polar surface area (TPSA) is 22.1 Å². The Labute approximate surface area is 110 Å². The first kappa shape index (κ1) is 12.1. The lowest BCUT2D eigenvalue weighted by atomic mass is 10.1. The number of rotatable bonds is 2. The maximum absolute atomic E-state index is 5.86. The molecule has 17 heavy (non-hydrogen) atoms. The summed E-state index contributed by atoms with van der Waals surface area (Å²) in [4.78, 5) is 4.27. The summed E-state index contributed by atoms with van der Waals surface area (Å²) in [7, 11) is 0. The molecule has 0 atom stereocenters. The average Bonchev–Trinajstić information content (AvgIpc) is 2.30. The van der Waals surface area contributed by atoms with Crippen molar-refractivity contribution >= 4 is 15.9 Å². The van der Waals surface area contributed by atoms with Gasteiger partial charge in [-0.2, -0.15) is 0 Å². The third kappa shape index (κ3) is 2.67. The van der Waals surface area contributed by atoms with Crippen molar-refractivity contribution in [2.45, 2.75) is 20.8 Å². The molecule has 2 nitrogen and oxygen atoms in total. The van der Waals surface area contributed by atoms with Crippen LogP contribution in [0.15, 0.2) is 34.9 Å². The van der Waals surface area contributed by atoms with Crippen molar-refractivity contribution in [2.24, 2.45) is 0 Å². The van der Waals surface area contributed by atoms with Crippen LogP contribution >= 0.6 is 15.9 Å². The van der Waals surface area contributed by atoms with Crippen LogP contribution in [0.1, 0.15) is 16.7 Å². The molecular weight excluding hydrogens is 278 g/mol. The molecule has 2 aromatic rings. The predicted octanol–water partition coefficient (Wildman–Crippen LogP) is 4.56. The van der Waals surface area contributed by atoms with Crippen LogP contribution in [0, 0.1) is 20.8 Å². The van der Waals surface area contributed by atoms with Crippen molar-refractivity contribution in [1.82, 2.24) is 4.98 Å². The molecule has 0 aliphatic heterocycles. The Balaban J connectivity index is 2.39. The normalized spacial score (nSPS) is 10.4. The zero-order valence-electron chi connectivity index (χ0n) is 10.1.